The summed E-state index contributed by atoms with van der Waals surface area (Å²) in [5.41, 5.74) is 2.03. The fourth-order valence-corrected chi connectivity index (χ4v) is 2.68. The lowest BCUT2D eigenvalue weighted by molar-refractivity contribution is -0.202. The number of carbonyl (C=O) groups excluding carboxylic acids is 1. The van der Waals surface area contributed by atoms with Gasteiger partial charge in [0.1, 0.15) is 6.04 Å². The van der Waals surface area contributed by atoms with Crippen molar-refractivity contribution in [3.8, 4) is 0 Å². The summed E-state index contributed by atoms with van der Waals surface area (Å²) in [6, 6.07) is -0.227. The molecule has 7 nitrogen and oxygen atoms in total. The molecule has 3 aliphatic rings. The third-order valence-electron chi connectivity index (χ3n) is 3.63. The maximum absolute atomic E-state index is 12.1. The summed E-state index contributed by atoms with van der Waals surface area (Å²) in [5.74, 6) is 0. The molecule has 1 unspecified atom stereocenters. The SMILES string of the molecule is C=CCON1C(=O)N2CC3=C(CN(O)N3C)C1C2. The zero-order valence-corrected chi connectivity index (χ0v) is 10.2. The maximum Gasteiger partial charge on any atom is 0.345 e. The van der Waals surface area contributed by atoms with E-state index in [-0.39, 0.29) is 12.1 Å². The highest BCUT2D eigenvalue weighted by Gasteiger charge is 2.48. The highest BCUT2D eigenvalue weighted by molar-refractivity contribution is 5.78. The fraction of sp³-hybridized carbons (Fsp3) is 0.545. The van der Waals surface area contributed by atoms with Crippen LogP contribution in [0.4, 0.5) is 4.79 Å². The van der Waals surface area contributed by atoms with Crippen LogP contribution >= 0.6 is 0 Å². The standard InChI is InChI=1S/C11H16N4O3/c1-3-4-18-15-10-7-13(11(15)16)6-9-8(10)5-14(17)12(9)2/h3,10,17H,1,4-7H2,2H3. The van der Waals surface area contributed by atoms with Gasteiger partial charge in [0.05, 0.1) is 25.4 Å². The molecule has 1 saturated heterocycles. The maximum atomic E-state index is 12.1. The Labute approximate surface area is 105 Å². The van der Waals surface area contributed by atoms with Gasteiger partial charge in [0.25, 0.3) is 0 Å². The van der Waals surface area contributed by atoms with Crippen LogP contribution in [-0.4, -0.2) is 70.7 Å². The Hall–Kier alpha value is -1.57. The molecule has 0 aromatic carbocycles. The lowest BCUT2D eigenvalue weighted by Crippen LogP contribution is -2.38. The highest BCUT2D eigenvalue weighted by Crippen LogP contribution is 2.35. The zero-order chi connectivity index (χ0) is 12.9. The average Bonchev–Trinajstić information content (AvgIpc) is 2.79. The third kappa shape index (κ3) is 1.45. The van der Waals surface area contributed by atoms with Gasteiger partial charge < -0.3 is 4.90 Å². The van der Waals surface area contributed by atoms with Crippen molar-refractivity contribution in [2.24, 2.45) is 0 Å². The molecule has 3 aliphatic heterocycles. The number of hydroxylamine groups is 3. The monoisotopic (exact) mass is 252 g/mol. The van der Waals surface area contributed by atoms with Crippen molar-refractivity contribution < 1.29 is 14.8 Å². The van der Waals surface area contributed by atoms with Crippen LogP contribution in [0.3, 0.4) is 0 Å². The molecule has 18 heavy (non-hydrogen) atoms. The minimum absolute atomic E-state index is 0.110. The summed E-state index contributed by atoms with van der Waals surface area (Å²) in [7, 11) is 1.79. The predicted octanol–water partition coefficient (Wildman–Crippen LogP) is 0.0295. The quantitative estimate of drug-likeness (QED) is 0.718. The first-order valence-electron chi connectivity index (χ1n) is 5.87. The van der Waals surface area contributed by atoms with Gasteiger partial charge in [-0.3, -0.25) is 15.1 Å². The molecule has 0 radical (unpaired) electrons. The second kappa shape index (κ2) is 3.98. The van der Waals surface area contributed by atoms with Crippen molar-refractivity contribution in [1.29, 1.82) is 0 Å². The molecule has 0 aromatic rings. The van der Waals surface area contributed by atoms with E-state index in [1.807, 2.05) is 0 Å². The number of likely N-dealkylation sites (N-methyl/N-ethyl adjacent to an activating group) is 1. The van der Waals surface area contributed by atoms with Gasteiger partial charge in [-0.1, -0.05) is 11.2 Å². The zero-order valence-electron chi connectivity index (χ0n) is 10.2. The van der Waals surface area contributed by atoms with Crippen molar-refractivity contribution in [1.82, 2.24) is 20.1 Å². The van der Waals surface area contributed by atoms with Gasteiger partial charge >= 0.3 is 6.03 Å². The van der Waals surface area contributed by atoms with E-state index in [1.54, 1.807) is 23.0 Å². The van der Waals surface area contributed by atoms with E-state index in [1.165, 1.54) is 5.06 Å². The molecule has 0 spiro atoms. The van der Waals surface area contributed by atoms with Gasteiger partial charge in [-0.2, -0.15) is 5.06 Å². The molecule has 2 bridgehead atoms. The molecular formula is C11H16N4O3. The Morgan fingerprint density at radius 2 is 2.33 bits per heavy atom. The smallest absolute Gasteiger partial charge is 0.314 e. The van der Waals surface area contributed by atoms with Crippen molar-refractivity contribution in [3.63, 3.8) is 0 Å². The summed E-state index contributed by atoms with van der Waals surface area (Å²) in [6.07, 6.45) is 1.61. The number of hydrogen-bond acceptors (Lipinski definition) is 5. The van der Waals surface area contributed by atoms with E-state index in [0.717, 1.165) is 16.4 Å². The number of carbonyl (C=O) groups is 1. The average molecular weight is 252 g/mol. The number of amides is 2. The van der Waals surface area contributed by atoms with Crippen LogP contribution in [0.2, 0.25) is 0 Å². The molecule has 98 valence electrons. The fourth-order valence-electron chi connectivity index (χ4n) is 2.68. The van der Waals surface area contributed by atoms with Crippen LogP contribution in [0.15, 0.2) is 23.9 Å². The van der Waals surface area contributed by atoms with Crippen LogP contribution < -0.4 is 0 Å². The molecule has 1 atom stereocenters. The summed E-state index contributed by atoms with van der Waals surface area (Å²) < 4.78 is 0. The lowest BCUT2D eigenvalue weighted by atomic mass is 10.0. The van der Waals surface area contributed by atoms with Gasteiger partial charge in [-0.15, -0.1) is 6.58 Å². The number of hydrazine groups is 1. The Kier molecular flexibility index (Phi) is 2.54. The van der Waals surface area contributed by atoms with Gasteiger partial charge in [0.15, 0.2) is 0 Å². The first-order chi connectivity index (χ1) is 8.63. The van der Waals surface area contributed by atoms with E-state index in [2.05, 4.69) is 6.58 Å². The van der Waals surface area contributed by atoms with Crippen molar-refractivity contribution in [2.45, 2.75) is 6.04 Å². The Bertz CT molecular complexity index is 436. The number of urea groups is 1. The van der Waals surface area contributed by atoms with Crippen LogP contribution in [0, 0.1) is 0 Å². The molecule has 3 heterocycles. The van der Waals surface area contributed by atoms with E-state index in [9.17, 15) is 10.0 Å². The highest BCUT2D eigenvalue weighted by atomic mass is 16.7. The second-order valence-electron chi connectivity index (χ2n) is 4.62. The summed E-state index contributed by atoms with van der Waals surface area (Å²) in [5, 5.41) is 14.0. The normalized spacial score (nSPS) is 27.3. The van der Waals surface area contributed by atoms with Crippen molar-refractivity contribution in [3.05, 3.63) is 23.9 Å². The minimum Gasteiger partial charge on any atom is -0.314 e. The molecule has 3 rings (SSSR count). The summed E-state index contributed by atoms with van der Waals surface area (Å²) >= 11 is 0. The first kappa shape index (κ1) is 11.5. The molecule has 0 aromatic heterocycles. The summed E-state index contributed by atoms with van der Waals surface area (Å²) in [6.45, 7) is 5.44. The van der Waals surface area contributed by atoms with Crippen LogP contribution in [0.1, 0.15) is 0 Å². The van der Waals surface area contributed by atoms with Gasteiger partial charge in [-0.05, 0) is 5.57 Å². The number of rotatable bonds is 3. The molecule has 2 amide bonds. The van der Waals surface area contributed by atoms with E-state index in [0.29, 0.717) is 26.2 Å². The lowest BCUT2D eigenvalue weighted by Gasteiger charge is -2.26. The Morgan fingerprint density at radius 1 is 1.56 bits per heavy atom. The number of hydrogen-bond donors (Lipinski definition) is 1. The predicted molar refractivity (Wildman–Crippen MR) is 62.0 cm³/mol. The number of fused-ring (bicyclic) bond motifs is 3. The molecule has 7 heteroatoms. The van der Waals surface area contributed by atoms with Crippen LogP contribution in [0.25, 0.3) is 0 Å². The van der Waals surface area contributed by atoms with Gasteiger partial charge in [-0.25, -0.2) is 4.79 Å². The van der Waals surface area contributed by atoms with Gasteiger partial charge in [0.2, 0.25) is 0 Å². The molecule has 1 N–H and O–H groups in total. The first-order valence-corrected chi connectivity index (χ1v) is 5.87. The minimum atomic E-state index is -0.117. The van der Waals surface area contributed by atoms with E-state index < -0.39 is 0 Å². The van der Waals surface area contributed by atoms with E-state index >= 15 is 0 Å². The van der Waals surface area contributed by atoms with Crippen molar-refractivity contribution >= 4 is 6.03 Å². The van der Waals surface area contributed by atoms with Crippen molar-refractivity contribution in [2.75, 3.05) is 33.3 Å². The Balaban J connectivity index is 1.88. The molecule has 0 saturated carbocycles. The molecule has 0 aliphatic carbocycles. The molecular weight excluding hydrogens is 236 g/mol. The summed E-state index contributed by atoms with van der Waals surface area (Å²) in [4.78, 5) is 19.2. The van der Waals surface area contributed by atoms with Gasteiger partial charge in [0, 0.05) is 13.6 Å². The van der Waals surface area contributed by atoms with Crippen LogP contribution in [-0.2, 0) is 4.84 Å². The Morgan fingerprint density at radius 3 is 3.06 bits per heavy atom. The third-order valence-corrected chi connectivity index (χ3v) is 3.63. The van der Waals surface area contributed by atoms with E-state index in [4.69, 9.17) is 4.84 Å². The van der Waals surface area contributed by atoms with Crippen LogP contribution in [0.5, 0.6) is 0 Å². The topological polar surface area (TPSA) is 59.5 Å². The number of nitrogens with zero attached hydrogens (tertiary/aromatic N) is 4. The second-order valence-corrected chi connectivity index (χ2v) is 4.62. The largest absolute Gasteiger partial charge is 0.345 e. The molecule has 1 fully saturated rings.